The van der Waals surface area contributed by atoms with E-state index in [1.54, 1.807) is 31.3 Å². The third kappa shape index (κ3) is 3.03. The Morgan fingerprint density at radius 1 is 1.26 bits per heavy atom. The zero-order chi connectivity index (χ0) is 16.4. The summed E-state index contributed by atoms with van der Waals surface area (Å²) in [5.74, 6) is 0. The number of hydrogen-bond acceptors (Lipinski definition) is 6. The summed E-state index contributed by atoms with van der Waals surface area (Å²) in [5.41, 5.74) is 0.591. The lowest BCUT2D eigenvalue weighted by atomic mass is 10.3. The van der Waals surface area contributed by atoms with Crippen LogP contribution >= 0.6 is 11.3 Å². The number of aromatic nitrogens is 4. The van der Waals surface area contributed by atoms with Crippen molar-refractivity contribution in [2.75, 3.05) is 7.05 Å². The first kappa shape index (κ1) is 15.8. The summed E-state index contributed by atoms with van der Waals surface area (Å²) in [7, 11) is -2.03. The third-order valence-electron chi connectivity index (χ3n) is 3.61. The molecular weight excluding hydrogens is 334 g/mol. The molecule has 120 valence electrons. The lowest BCUT2D eigenvalue weighted by Crippen LogP contribution is -2.29. The molecule has 0 aliphatic carbocycles. The Balaban J connectivity index is 1.95. The van der Waals surface area contributed by atoms with E-state index >= 15 is 0 Å². The minimum Gasteiger partial charge on any atom is -0.207 e. The summed E-state index contributed by atoms with van der Waals surface area (Å²) in [5, 5.41) is 12.8. The summed E-state index contributed by atoms with van der Waals surface area (Å²) in [4.78, 5) is 1.20. The van der Waals surface area contributed by atoms with Crippen LogP contribution in [0.3, 0.4) is 0 Å². The van der Waals surface area contributed by atoms with E-state index in [1.807, 2.05) is 24.4 Å². The van der Waals surface area contributed by atoms with Crippen LogP contribution in [0.25, 0.3) is 5.69 Å². The van der Waals surface area contributed by atoms with E-state index < -0.39 is 10.0 Å². The lowest BCUT2D eigenvalue weighted by molar-refractivity contribution is 0.403. The van der Waals surface area contributed by atoms with Crippen LogP contribution < -0.4 is 0 Å². The van der Waals surface area contributed by atoms with E-state index in [0.717, 1.165) is 4.88 Å². The summed E-state index contributed by atoms with van der Waals surface area (Å²) in [6, 6.07) is 10.2. The van der Waals surface area contributed by atoms with Gasteiger partial charge in [-0.15, -0.1) is 16.4 Å². The maximum Gasteiger partial charge on any atom is 0.243 e. The zero-order valence-corrected chi connectivity index (χ0v) is 14.2. The first-order valence-corrected chi connectivity index (χ1v) is 9.17. The first-order valence-electron chi connectivity index (χ1n) is 6.85. The molecule has 1 unspecified atom stereocenters. The quantitative estimate of drug-likeness (QED) is 0.705. The fourth-order valence-corrected chi connectivity index (χ4v) is 4.42. The topological polar surface area (TPSA) is 81.0 Å². The molecule has 0 saturated carbocycles. The van der Waals surface area contributed by atoms with Crippen LogP contribution in [0.5, 0.6) is 0 Å². The Kier molecular flexibility index (Phi) is 4.24. The van der Waals surface area contributed by atoms with Crippen LogP contribution in [0.4, 0.5) is 0 Å². The van der Waals surface area contributed by atoms with Gasteiger partial charge in [-0.3, -0.25) is 0 Å². The molecule has 0 N–H and O–H groups in total. The van der Waals surface area contributed by atoms with Gasteiger partial charge in [0, 0.05) is 11.9 Å². The normalized spacial score (nSPS) is 13.3. The van der Waals surface area contributed by atoms with Crippen LogP contribution in [-0.4, -0.2) is 40.0 Å². The summed E-state index contributed by atoms with van der Waals surface area (Å²) in [6.07, 6.45) is 1.42. The van der Waals surface area contributed by atoms with Crippen LogP contribution in [-0.2, 0) is 10.0 Å². The second kappa shape index (κ2) is 6.19. The monoisotopic (exact) mass is 349 g/mol. The molecule has 0 aliphatic heterocycles. The Labute approximate surface area is 138 Å². The SMILES string of the molecule is CC(c1cccs1)N(C)S(=O)(=O)c1cccc(-n2cnnn2)c1. The van der Waals surface area contributed by atoms with Crippen LogP contribution in [0.1, 0.15) is 17.8 Å². The molecule has 0 spiro atoms. The van der Waals surface area contributed by atoms with E-state index in [4.69, 9.17) is 0 Å². The van der Waals surface area contributed by atoms with Gasteiger partial charge in [-0.05, 0) is 47.0 Å². The number of tetrazole rings is 1. The van der Waals surface area contributed by atoms with E-state index in [-0.39, 0.29) is 10.9 Å². The summed E-state index contributed by atoms with van der Waals surface area (Å²) < 4.78 is 28.5. The molecule has 0 radical (unpaired) electrons. The zero-order valence-electron chi connectivity index (χ0n) is 12.6. The van der Waals surface area contributed by atoms with Gasteiger partial charge < -0.3 is 0 Å². The van der Waals surface area contributed by atoms with Gasteiger partial charge in [0.05, 0.1) is 16.6 Å². The first-order chi connectivity index (χ1) is 11.0. The highest BCUT2D eigenvalue weighted by Crippen LogP contribution is 2.28. The predicted molar refractivity (Wildman–Crippen MR) is 86.8 cm³/mol. The van der Waals surface area contributed by atoms with Crippen molar-refractivity contribution in [3.63, 3.8) is 0 Å². The van der Waals surface area contributed by atoms with Crippen molar-refractivity contribution in [3.05, 3.63) is 53.0 Å². The van der Waals surface area contributed by atoms with Crippen molar-refractivity contribution < 1.29 is 8.42 Å². The molecule has 9 heteroatoms. The predicted octanol–water partition coefficient (Wildman–Crippen LogP) is 2.11. The van der Waals surface area contributed by atoms with Crippen molar-refractivity contribution >= 4 is 21.4 Å². The number of nitrogens with zero attached hydrogens (tertiary/aromatic N) is 5. The molecule has 0 aliphatic rings. The van der Waals surface area contributed by atoms with Gasteiger partial charge >= 0.3 is 0 Å². The number of rotatable bonds is 5. The average Bonchev–Trinajstić information content (AvgIpc) is 3.26. The molecule has 3 rings (SSSR count). The molecule has 2 heterocycles. The van der Waals surface area contributed by atoms with Gasteiger partial charge in [-0.25, -0.2) is 13.1 Å². The maximum atomic E-state index is 12.9. The fraction of sp³-hybridized carbons (Fsp3) is 0.214. The molecule has 7 nitrogen and oxygen atoms in total. The van der Waals surface area contributed by atoms with Crippen molar-refractivity contribution in [2.45, 2.75) is 17.9 Å². The number of benzene rings is 1. The number of sulfonamides is 1. The molecule has 23 heavy (non-hydrogen) atoms. The Morgan fingerprint density at radius 3 is 2.74 bits per heavy atom. The number of thiophene rings is 1. The second-order valence-electron chi connectivity index (χ2n) is 4.96. The number of hydrogen-bond donors (Lipinski definition) is 0. The highest BCUT2D eigenvalue weighted by Gasteiger charge is 2.27. The minimum absolute atomic E-state index is 0.205. The molecular formula is C14H15N5O2S2. The summed E-state index contributed by atoms with van der Waals surface area (Å²) >= 11 is 1.54. The average molecular weight is 349 g/mol. The molecule has 0 saturated heterocycles. The Hall–Kier alpha value is -2.10. The molecule has 3 aromatic rings. The second-order valence-corrected chi connectivity index (χ2v) is 7.94. The molecule has 2 aromatic heterocycles. The smallest absolute Gasteiger partial charge is 0.207 e. The Bertz CT molecular complexity index is 876. The van der Waals surface area contributed by atoms with Gasteiger partial charge in [-0.2, -0.15) is 4.31 Å². The molecule has 0 bridgehead atoms. The van der Waals surface area contributed by atoms with Crippen LogP contribution in [0, 0.1) is 0 Å². The third-order valence-corrected chi connectivity index (χ3v) is 6.58. The van der Waals surface area contributed by atoms with E-state index in [2.05, 4.69) is 15.5 Å². The molecule has 0 amide bonds. The van der Waals surface area contributed by atoms with Gasteiger partial charge in [-0.1, -0.05) is 12.1 Å². The van der Waals surface area contributed by atoms with Gasteiger partial charge in [0.15, 0.2) is 0 Å². The lowest BCUT2D eigenvalue weighted by Gasteiger charge is -2.23. The summed E-state index contributed by atoms with van der Waals surface area (Å²) in [6.45, 7) is 1.87. The Morgan fingerprint density at radius 2 is 2.09 bits per heavy atom. The van der Waals surface area contributed by atoms with Crippen molar-refractivity contribution in [1.29, 1.82) is 0 Å². The van der Waals surface area contributed by atoms with Gasteiger partial charge in [0.25, 0.3) is 0 Å². The van der Waals surface area contributed by atoms with E-state index in [0.29, 0.717) is 5.69 Å². The van der Waals surface area contributed by atoms with Crippen LogP contribution in [0.2, 0.25) is 0 Å². The van der Waals surface area contributed by atoms with Gasteiger partial charge in [0.1, 0.15) is 6.33 Å². The molecule has 1 atom stereocenters. The minimum atomic E-state index is -3.62. The molecule has 0 fully saturated rings. The molecule has 1 aromatic carbocycles. The highest BCUT2D eigenvalue weighted by atomic mass is 32.2. The standard InChI is InChI=1S/C14H15N5O2S2/c1-11(14-7-4-8-22-14)18(2)23(20,21)13-6-3-5-12(9-13)19-10-15-16-17-19/h3-11H,1-2H3. The fourth-order valence-electron chi connectivity index (χ4n) is 2.15. The van der Waals surface area contributed by atoms with Crippen LogP contribution in [0.15, 0.2) is 53.0 Å². The van der Waals surface area contributed by atoms with E-state index in [9.17, 15) is 8.42 Å². The van der Waals surface area contributed by atoms with E-state index in [1.165, 1.54) is 26.7 Å². The van der Waals surface area contributed by atoms with Crippen molar-refractivity contribution in [1.82, 2.24) is 24.5 Å². The highest BCUT2D eigenvalue weighted by molar-refractivity contribution is 7.89. The van der Waals surface area contributed by atoms with Gasteiger partial charge in [0.2, 0.25) is 10.0 Å². The maximum absolute atomic E-state index is 12.9. The van der Waals surface area contributed by atoms with Crippen molar-refractivity contribution in [2.24, 2.45) is 0 Å². The largest absolute Gasteiger partial charge is 0.243 e. The van der Waals surface area contributed by atoms with Crippen molar-refractivity contribution in [3.8, 4) is 5.69 Å².